The number of aryl methyl sites for hydroxylation is 1. The topological polar surface area (TPSA) is 87.7 Å². The van der Waals surface area contributed by atoms with Gasteiger partial charge in [-0.2, -0.15) is 11.8 Å². The number of amidine groups is 1. The lowest BCUT2D eigenvalue weighted by molar-refractivity contribution is 0.0947. The zero-order valence-electron chi connectivity index (χ0n) is 11.0. The van der Waals surface area contributed by atoms with E-state index in [4.69, 9.17) is 10.9 Å². The molecule has 2 heterocycles. The molecule has 108 valence electrons. The molecule has 1 amide bonds. The maximum Gasteiger partial charge on any atom is 0.261 e. The van der Waals surface area contributed by atoms with Crippen molar-refractivity contribution in [2.45, 2.75) is 31.1 Å². The fraction of sp³-hybridized carbons (Fsp3) is 0.538. The predicted molar refractivity (Wildman–Crippen MR) is 81.6 cm³/mol. The van der Waals surface area contributed by atoms with Gasteiger partial charge in [-0.1, -0.05) is 5.16 Å². The first-order chi connectivity index (χ1) is 9.69. The first kappa shape index (κ1) is 13.8. The van der Waals surface area contributed by atoms with Crippen molar-refractivity contribution in [1.29, 1.82) is 0 Å². The maximum absolute atomic E-state index is 12.3. The third kappa shape index (κ3) is 2.78. The van der Waals surface area contributed by atoms with E-state index in [0.717, 1.165) is 35.6 Å². The minimum absolute atomic E-state index is 0.0951. The summed E-state index contributed by atoms with van der Waals surface area (Å²) in [7, 11) is 0. The SMILES string of the molecule is NC(=NO)C(NC(=O)c1cc2c(s1)CCSC2)C1CC1. The minimum atomic E-state index is -0.346. The Bertz CT molecular complexity index is 528. The lowest BCUT2D eigenvalue weighted by Crippen LogP contribution is -2.45. The summed E-state index contributed by atoms with van der Waals surface area (Å²) < 4.78 is 0. The molecule has 0 aromatic carbocycles. The number of thiophene rings is 1. The molecule has 0 bridgehead atoms. The average molecular weight is 311 g/mol. The van der Waals surface area contributed by atoms with Crippen LogP contribution < -0.4 is 11.1 Å². The number of carbonyl (C=O) groups excluding carboxylic acids is 1. The number of nitrogens with two attached hydrogens (primary N) is 1. The van der Waals surface area contributed by atoms with Crippen LogP contribution in [0.15, 0.2) is 11.2 Å². The van der Waals surface area contributed by atoms with Crippen LogP contribution in [0.1, 0.15) is 33.0 Å². The third-order valence-electron chi connectivity index (χ3n) is 3.67. The number of hydrogen-bond donors (Lipinski definition) is 3. The van der Waals surface area contributed by atoms with Gasteiger partial charge in [0.2, 0.25) is 0 Å². The van der Waals surface area contributed by atoms with Gasteiger partial charge >= 0.3 is 0 Å². The first-order valence-electron chi connectivity index (χ1n) is 6.66. The number of nitrogens with one attached hydrogen (secondary N) is 1. The number of nitrogens with zero attached hydrogens (tertiary/aromatic N) is 1. The van der Waals surface area contributed by atoms with Crippen molar-refractivity contribution in [2.75, 3.05) is 5.75 Å². The van der Waals surface area contributed by atoms with Crippen LogP contribution in [0.3, 0.4) is 0 Å². The highest BCUT2D eigenvalue weighted by molar-refractivity contribution is 7.98. The average Bonchev–Trinajstić information content (AvgIpc) is 3.21. The second kappa shape index (κ2) is 5.65. The Morgan fingerprint density at radius 3 is 3.00 bits per heavy atom. The molecule has 1 aliphatic heterocycles. The highest BCUT2D eigenvalue weighted by Crippen LogP contribution is 2.34. The molecule has 1 atom stereocenters. The van der Waals surface area contributed by atoms with E-state index < -0.39 is 0 Å². The van der Waals surface area contributed by atoms with Crippen molar-refractivity contribution >= 4 is 34.8 Å². The van der Waals surface area contributed by atoms with Gasteiger partial charge in [-0.3, -0.25) is 4.79 Å². The number of fused-ring (bicyclic) bond motifs is 1. The summed E-state index contributed by atoms with van der Waals surface area (Å²) in [5.41, 5.74) is 6.95. The second-order valence-corrected chi connectivity index (χ2v) is 7.42. The van der Waals surface area contributed by atoms with Crippen LogP contribution in [-0.4, -0.2) is 28.7 Å². The zero-order chi connectivity index (χ0) is 14.1. The Labute approximate surface area is 125 Å². The van der Waals surface area contributed by atoms with E-state index in [1.54, 1.807) is 11.3 Å². The maximum atomic E-state index is 12.3. The summed E-state index contributed by atoms with van der Waals surface area (Å²) in [6, 6.07) is 1.64. The van der Waals surface area contributed by atoms with E-state index in [0.29, 0.717) is 5.92 Å². The summed E-state index contributed by atoms with van der Waals surface area (Å²) >= 11 is 3.47. The van der Waals surface area contributed by atoms with Crippen molar-refractivity contribution in [3.63, 3.8) is 0 Å². The van der Waals surface area contributed by atoms with Gasteiger partial charge in [0.25, 0.3) is 5.91 Å². The summed E-state index contributed by atoms with van der Waals surface area (Å²) in [6.07, 6.45) is 3.07. The number of rotatable bonds is 4. The highest BCUT2D eigenvalue weighted by Gasteiger charge is 2.35. The number of amides is 1. The van der Waals surface area contributed by atoms with E-state index in [-0.39, 0.29) is 17.8 Å². The molecule has 0 radical (unpaired) electrons. The van der Waals surface area contributed by atoms with Gasteiger partial charge in [0.15, 0.2) is 5.84 Å². The molecule has 7 heteroatoms. The van der Waals surface area contributed by atoms with Gasteiger partial charge in [0, 0.05) is 10.6 Å². The molecule has 1 aromatic heterocycles. The fourth-order valence-electron chi connectivity index (χ4n) is 2.40. The molecule has 1 aromatic rings. The molecular weight excluding hydrogens is 294 g/mol. The van der Waals surface area contributed by atoms with Gasteiger partial charge in [-0.05, 0) is 42.6 Å². The summed E-state index contributed by atoms with van der Waals surface area (Å²) in [4.78, 5) is 14.4. The van der Waals surface area contributed by atoms with Crippen molar-refractivity contribution in [3.05, 3.63) is 21.4 Å². The van der Waals surface area contributed by atoms with Gasteiger partial charge in [-0.25, -0.2) is 0 Å². The second-order valence-electron chi connectivity index (χ2n) is 5.18. The number of oxime groups is 1. The smallest absolute Gasteiger partial charge is 0.261 e. The molecular formula is C13H17N3O2S2. The highest BCUT2D eigenvalue weighted by atomic mass is 32.2. The molecule has 5 nitrogen and oxygen atoms in total. The Hall–Kier alpha value is -1.21. The Kier molecular flexibility index (Phi) is 3.89. The molecule has 4 N–H and O–H groups in total. The van der Waals surface area contributed by atoms with E-state index in [2.05, 4.69) is 10.5 Å². The van der Waals surface area contributed by atoms with E-state index in [1.165, 1.54) is 10.4 Å². The van der Waals surface area contributed by atoms with Gasteiger partial charge in [0.1, 0.15) is 0 Å². The molecule has 20 heavy (non-hydrogen) atoms. The Morgan fingerprint density at radius 1 is 1.55 bits per heavy atom. The molecule has 1 saturated carbocycles. The lowest BCUT2D eigenvalue weighted by Gasteiger charge is -2.15. The fourth-order valence-corrected chi connectivity index (χ4v) is 4.67. The van der Waals surface area contributed by atoms with Crippen LogP contribution in [-0.2, 0) is 12.2 Å². The molecule has 2 aliphatic rings. The van der Waals surface area contributed by atoms with E-state index in [9.17, 15) is 4.79 Å². The van der Waals surface area contributed by atoms with Crippen LogP contribution in [0.5, 0.6) is 0 Å². The normalized spacial score (nSPS) is 20.3. The number of thioether (sulfide) groups is 1. The Balaban J connectivity index is 1.73. The van der Waals surface area contributed by atoms with Crippen LogP contribution in [0, 0.1) is 5.92 Å². The molecule has 1 fully saturated rings. The number of carbonyl (C=O) groups is 1. The summed E-state index contributed by atoms with van der Waals surface area (Å²) in [6.45, 7) is 0. The Morgan fingerprint density at radius 2 is 2.35 bits per heavy atom. The van der Waals surface area contributed by atoms with Crippen molar-refractivity contribution in [2.24, 2.45) is 16.8 Å². The van der Waals surface area contributed by atoms with Crippen LogP contribution in [0.4, 0.5) is 0 Å². The monoisotopic (exact) mass is 311 g/mol. The molecule has 3 rings (SSSR count). The van der Waals surface area contributed by atoms with Crippen molar-refractivity contribution in [3.8, 4) is 0 Å². The quantitative estimate of drug-likeness (QED) is 0.342. The van der Waals surface area contributed by atoms with Crippen LogP contribution in [0.2, 0.25) is 0 Å². The molecule has 1 unspecified atom stereocenters. The van der Waals surface area contributed by atoms with Gasteiger partial charge in [-0.15, -0.1) is 11.3 Å². The first-order valence-corrected chi connectivity index (χ1v) is 8.63. The minimum Gasteiger partial charge on any atom is -0.409 e. The lowest BCUT2D eigenvalue weighted by atomic mass is 10.1. The zero-order valence-corrected chi connectivity index (χ0v) is 12.6. The van der Waals surface area contributed by atoms with Crippen LogP contribution in [0.25, 0.3) is 0 Å². The standard InChI is InChI=1S/C13H17N3O2S2/c14-12(16-18)11(7-1-2-7)15-13(17)10-5-8-6-19-4-3-9(8)20-10/h5,7,11,18H,1-4,6H2,(H2,14,16)(H,15,17). The van der Waals surface area contributed by atoms with Gasteiger partial charge in [0.05, 0.1) is 10.9 Å². The summed E-state index contributed by atoms with van der Waals surface area (Å²) in [5.74, 6) is 2.41. The van der Waals surface area contributed by atoms with Crippen molar-refractivity contribution < 1.29 is 10.0 Å². The largest absolute Gasteiger partial charge is 0.409 e. The molecule has 0 spiro atoms. The van der Waals surface area contributed by atoms with Gasteiger partial charge < -0.3 is 16.3 Å². The van der Waals surface area contributed by atoms with E-state index >= 15 is 0 Å². The number of hydrogen-bond acceptors (Lipinski definition) is 5. The van der Waals surface area contributed by atoms with E-state index in [1.807, 2.05) is 17.8 Å². The molecule has 1 aliphatic carbocycles. The summed E-state index contributed by atoms with van der Waals surface area (Å²) in [5, 5.41) is 14.8. The third-order valence-corrected chi connectivity index (χ3v) is 5.91. The molecule has 0 saturated heterocycles. The van der Waals surface area contributed by atoms with Crippen LogP contribution >= 0.6 is 23.1 Å². The predicted octanol–water partition coefficient (Wildman–Crippen LogP) is 1.79. The van der Waals surface area contributed by atoms with Crippen molar-refractivity contribution in [1.82, 2.24) is 5.32 Å².